The molecule has 5 heteroatoms. The average Bonchev–Trinajstić information content (AvgIpc) is 2.20. The van der Waals surface area contributed by atoms with Gasteiger partial charge in [0.2, 0.25) is 0 Å². The van der Waals surface area contributed by atoms with E-state index < -0.39 is 16.6 Å². The van der Waals surface area contributed by atoms with Crippen LogP contribution in [0.2, 0.25) is 38.3 Å². The van der Waals surface area contributed by atoms with Gasteiger partial charge in [-0.25, -0.2) is 0 Å². The molecule has 0 radical (unpaired) electrons. The summed E-state index contributed by atoms with van der Waals surface area (Å²) in [6.45, 7) is 26.5. The highest BCUT2D eigenvalue weighted by Gasteiger charge is 2.29. The van der Waals surface area contributed by atoms with Crippen LogP contribution in [0.5, 0.6) is 0 Å². The molecule has 0 aliphatic carbocycles. The van der Waals surface area contributed by atoms with Gasteiger partial charge in [0, 0.05) is 26.3 Å². The van der Waals surface area contributed by atoms with Crippen LogP contribution in [0.4, 0.5) is 0 Å². The van der Waals surface area contributed by atoms with E-state index in [9.17, 15) is 0 Å². The Morgan fingerprint density at radius 2 is 0.957 bits per heavy atom. The first kappa shape index (κ1) is 23.3. The SMILES string of the molecule is CC(C)(C)C[Si](C)(C)OCCNCCO[Si](C)(C)CC(C)(C)C. The molecule has 0 aromatic carbocycles. The fraction of sp³-hybridized carbons (Fsp3) is 1.00. The summed E-state index contributed by atoms with van der Waals surface area (Å²) in [5.74, 6) is 0. The quantitative estimate of drug-likeness (QED) is 0.433. The Morgan fingerprint density at radius 3 is 1.22 bits per heavy atom. The van der Waals surface area contributed by atoms with Gasteiger partial charge in [-0.3, -0.25) is 0 Å². The molecule has 0 saturated heterocycles. The summed E-state index contributed by atoms with van der Waals surface area (Å²) in [7, 11) is -3.06. The summed E-state index contributed by atoms with van der Waals surface area (Å²) < 4.78 is 12.3. The number of rotatable bonds is 10. The van der Waals surface area contributed by atoms with Crippen LogP contribution in [0.25, 0.3) is 0 Å². The largest absolute Gasteiger partial charge is 0.416 e. The van der Waals surface area contributed by atoms with Gasteiger partial charge in [0.1, 0.15) is 0 Å². The van der Waals surface area contributed by atoms with Crippen LogP contribution in [-0.4, -0.2) is 42.9 Å². The van der Waals surface area contributed by atoms with Crippen LogP contribution in [0, 0.1) is 10.8 Å². The highest BCUT2D eigenvalue weighted by molar-refractivity contribution is 6.71. The maximum atomic E-state index is 6.16. The predicted octanol–water partition coefficient (Wildman–Crippen LogP) is 5.11. The molecule has 0 heterocycles. The van der Waals surface area contributed by atoms with Gasteiger partial charge in [-0.05, 0) is 49.1 Å². The van der Waals surface area contributed by atoms with Crippen molar-refractivity contribution in [1.82, 2.24) is 5.32 Å². The van der Waals surface area contributed by atoms with E-state index >= 15 is 0 Å². The zero-order chi connectivity index (χ0) is 18.4. The molecule has 0 aromatic heterocycles. The number of hydrogen-bond donors (Lipinski definition) is 1. The average molecular weight is 362 g/mol. The molecule has 0 aromatic rings. The fourth-order valence-electron chi connectivity index (χ4n) is 3.58. The first-order valence-electron chi connectivity index (χ1n) is 9.11. The topological polar surface area (TPSA) is 30.5 Å². The van der Waals surface area contributed by atoms with Crippen LogP contribution >= 0.6 is 0 Å². The molecule has 23 heavy (non-hydrogen) atoms. The van der Waals surface area contributed by atoms with Crippen molar-refractivity contribution < 1.29 is 8.85 Å². The van der Waals surface area contributed by atoms with Crippen molar-refractivity contribution in [3.05, 3.63) is 0 Å². The molecule has 0 amide bonds. The van der Waals surface area contributed by atoms with Gasteiger partial charge in [0.15, 0.2) is 16.6 Å². The van der Waals surface area contributed by atoms with Crippen LogP contribution in [0.1, 0.15) is 41.5 Å². The highest BCUT2D eigenvalue weighted by atomic mass is 28.4. The standard InChI is InChI=1S/C18H43NO2Si2/c1-17(2,3)15-22(7,8)20-13-11-19-12-14-21-23(9,10)16-18(4,5)6/h19H,11-16H2,1-10H3. The third kappa shape index (κ3) is 15.6. The molecule has 1 N–H and O–H groups in total. The van der Waals surface area contributed by atoms with E-state index in [1.807, 2.05) is 0 Å². The lowest BCUT2D eigenvalue weighted by atomic mass is 10.0. The lowest BCUT2D eigenvalue weighted by molar-refractivity contribution is 0.268. The molecular weight excluding hydrogens is 318 g/mol. The summed E-state index contributed by atoms with van der Waals surface area (Å²) in [6, 6.07) is 2.41. The van der Waals surface area contributed by atoms with Crippen molar-refractivity contribution >= 4 is 16.6 Å². The summed E-state index contributed by atoms with van der Waals surface area (Å²) in [5.41, 5.74) is 0.723. The van der Waals surface area contributed by atoms with Crippen LogP contribution in [-0.2, 0) is 8.85 Å². The van der Waals surface area contributed by atoms with Gasteiger partial charge in [-0.15, -0.1) is 0 Å². The normalized spacial score (nSPS) is 14.3. The molecule has 0 atom stereocenters. The molecular formula is C18H43NO2Si2. The van der Waals surface area contributed by atoms with E-state index in [2.05, 4.69) is 73.0 Å². The van der Waals surface area contributed by atoms with Gasteiger partial charge in [-0.2, -0.15) is 0 Å². The minimum atomic E-state index is -1.53. The third-order valence-corrected chi connectivity index (χ3v) is 9.25. The molecule has 0 fully saturated rings. The Morgan fingerprint density at radius 1 is 0.652 bits per heavy atom. The zero-order valence-corrected chi connectivity index (χ0v) is 19.6. The molecule has 0 aliphatic heterocycles. The molecule has 0 saturated carbocycles. The van der Waals surface area contributed by atoms with E-state index in [1.54, 1.807) is 0 Å². The van der Waals surface area contributed by atoms with Gasteiger partial charge in [0.05, 0.1) is 0 Å². The van der Waals surface area contributed by atoms with Gasteiger partial charge < -0.3 is 14.2 Å². The maximum Gasteiger partial charge on any atom is 0.187 e. The molecule has 0 unspecified atom stereocenters. The second-order valence-electron chi connectivity index (χ2n) is 10.4. The Labute approximate surface area is 148 Å². The van der Waals surface area contributed by atoms with Crippen molar-refractivity contribution in [3.8, 4) is 0 Å². The molecule has 0 aliphatic rings. The molecule has 0 rings (SSSR count). The number of nitrogens with one attached hydrogen (secondary N) is 1. The minimum Gasteiger partial charge on any atom is -0.416 e. The Balaban J connectivity index is 3.78. The smallest absolute Gasteiger partial charge is 0.187 e. The second kappa shape index (κ2) is 9.13. The molecule has 140 valence electrons. The summed E-state index contributed by atoms with van der Waals surface area (Å²) in [5, 5.41) is 3.45. The first-order chi connectivity index (χ1) is 10.1. The first-order valence-corrected chi connectivity index (χ1v) is 15.3. The monoisotopic (exact) mass is 361 g/mol. The lowest BCUT2D eigenvalue weighted by Crippen LogP contribution is -2.39. The number of hydrogen-bond acceptors (Lipinski definition) is 3. The van der Waals surface area contributed by atoms with Crippen molar-refractivity contribution in [3.63, 3.8) is 0 Å². The van der Waals surface area contributed by atoms with Gasteiger partial charge >= 0.3 is 0 Å². The van der Waals surface area contributed by atoms with Crippen molar-refractivity contribution in [2.24, 2.45) is 10.8 Å². The van der Waals surface area contributed by atoms with Crippen LogP contribution in [0.15, 0.2) is 0 Å². The van der Waals surface area contributed by atoms with E-state index in [-0.39, 0.29) is 0 Å². The Hall–Kier alpha value is 0.314. The van der Waals surface area contributed by atoms with Crippen molar-refractivity contribution in [1.29, 1.82) is 0 Å². The Bertz CT molecular complexity index is 299. The zero-order valence-electron chi connectivity index (χ0n) is 17.6. The van der Waals surface area contributed by atoms with Gasteiger partial charge in [0.25, 0.3) is 0 Å². The van der Waals surface area contributed by atoms with E-state index in [0.717, 1.165) is 26.3 Å². The van der Waals surface area contributed by atoms with E-state index in [4.69, 9.17) is 8.85 Å². The summed E-state index contributed by atoms with van der Waals surface area (Å²) in [6.07, 6.45) is 0. The van der Waals surface area contributed by atoms with Gasteiger partial charge in [-0.1, -0.05) is 41.5 Å². The minimum absolute atomic E-state index is 0.361. The summed E-state index contributed by atoms with van der Waals surface area (Å²) in [4.78, 5) is 0. The lowest BCUT2D eigenvalue weighted by Gasteiger charge is -2.31. The van der Waals surface area contributed by atoms with Crippen molar-refractivity contribution in [2.45, 2.75) is 79.8 Å². The second-order valence-corrected chi connectivity index (χ2v) is 18.8. The highest BCUT2D eigenvalue weighted by Crippen LogP contribution is 2.28. The molecule has 0 bridgehead atoms. The Kier molecular flexibility index (Phi) is 9.26. The summed E-state index contributed by atoms with van der Waals surface area (Å²) >= 11 is 0. The predicted molar refractivity (Wildman–Crippen MR) is 108 cm³/mol. The fourth-order valence-corrected chi connectivity index (χ4v) is 10.2. The molecule has 0 spiro atoms. The van der Waals surface area contributed by atoms with E-state index in [1.165, 1.54) is 12.1 Å². The van der Waals surface area contributed by atoms with E-state index in [0.29, 0.717) is 10.8 Å². The maximum absolute atomic E-state index is 6.16. The third-order valence-electron chi connectivity index (χ3n) is 3.46. The van der Waals surface area contributed by atoms with Crippen molar-refractivity contribution in [2.75, 3.05) is 26.3 Å². The molecule has 3 nitrogen and oxygen atoms in total. The van der Waals surface area contributed by atoms with Crippen LogP contribution < -0.4 is 5.32 Å². The van der Waals surface area contributed by atoms with Crippen LogP contribution in [0.3, 0.4) is 0 Å².